The van der Waals surface area contributed by atoms with Gasteiger partial charge in [-0.2, -0.15) is 0 Å². The van der Waals surface area contributed by atoms with Gasteiger partial charge in [-0.1, -0.05) is 0 Å². The summed E-state index contributed by atoms with van der Waals surface area (Å²) in [6, 6.07) is 3.38. The molecule has 1 unspecified atom stereocenters. The van der Waals surface area contributed by atoms with Crippen LogP contribution in [0.2, 0.25) is 0 Å². The van der Waals surface area contributed by atoms with E-state index in [-0.39, 0.29) is 12.1 Å². The zero-order valence-corrected chi connectivity index (χ0v) is 10.8. The molecule has 1 heterocycles. The molecular weight excluding hydrogens is 232 g/mol. The molecule has 0 aromatic carbocycles. The predicted molar refractivity (Wildman–Crippen MR) is 69.6 cm³/mol. The van der Waals surface area contributed by atoms with Gasteiger partial charge in [0.05, 0.1) is 12.7 Å². The van der Waals surface area contributed by atoms with Gasteiger partial charge in [0.1, 0.15) is 11.4 Å². The van der Waals surface area contributed by atoms with Gasteiger partial charge in [0.2, 0.25) is 0 Å². The van der Waals surface area contributed by atoms with Crippen molar-refractivity contribution in [3.05, 3.63) is 23.9 Å². The molecule has 0 fully saturated rings. The van der Waals surface area contributed by atoms with Gasteiger partial charge in [0.15, 0.2) is 0 Å². The van der Waals surface area contributed by atoms with Crippen LogP contribution in [0, 0.1) is 0 Å². The number of aliphatic hydroxyl groups excluding tert-OH is 1. The normalized spacial score (nSPS) is 11.9. The molecule has 0 radical (unpaired) electrons. The van der Waals surface area contributed by atoms with Crippen LogP contribution in [0.25, 0.3) is 0 Å². The fourth-order valence-corrected chi connectivity index (χ4v) is 1.52. The molecule has 1 aromatic heterocycles. The number of aliphatic hydroxyl groups is 1. The number of ether oxygens (including phenoxy) is 1. The molecule has 0 bridgehead atoms. The Morgan fingerprint density at radius 1 is 1.61 bits per heavy atom. The summed E-state index contributed by atoms with van der Waals surface area (Å²) in [5.41, 5.74) is 0.441. The third kappa shape index (κ3) is 4.71. The van der Waals surface area contributed by atoms with E-state index in [2.05, 4.69) is 10.3 Å². The minimum atomic E-state index is -0.372. The smallest absolute Gasteiger partial charge is 0.341 e. The number of carbonyl (C=O) groups excluding carboxylic acids is 1. The molecule has 1 aromatic rings. The van der Waals surface area contributed by atoms with Gasteiger partial charge in [-0.3, -0.25) is 0 Å². The maximum Gasteiger partial charge on any atom is 0.341 e. The number of nitrogens with zero attached hydrogens (tertiary/aromatic N) is 1. The number of nitrogens with one attached hydrogen (secondary N) is 1. The van der Waals surface area contributed by atoms with Crippen molar-refractivity contribution in [1.29, 1.82) is 0 Å². The Kier molecular flexibility index (Phi) is 6.14. The molecule has 0 saturated heterocycles. The van der Waals surface area contributed by atoms with E-state index >= 15 is 0 Å². The summed E-state index contributed by atoms with van der Waals surface area (Å²) in [4.78, 5) is 15.8. The number of carbonyl (C=O) groups is 1. The predicted octanol–water partition coefficient (Wildman–Crippen LogP) is 1.83. The molecule has 100 valence electrons. The van der Waals surface area contributed by atoms with E-state index in [4.69, 9.17) is 9.84 Å². The molecule has 0 aliphatic heterocycles. The molecule has 0 aliphatic rings. The van der Waals surface area contributed by atoms with Crippen LogP contribution in [-0.4, -0.2) is 35.3 Å². The first kappa shape index (κ1) is 14.4. The third-order valence-corrected chi connectivity index (χ3v) is 2.39. The minimum Gasteiger partial charge on any atom is -0.462 e. The lowest BCUT2D eigenvalue weighted by molar-refractivity contribution is 0.0527. The first-order valence-corrected chi connectivity index (χ1v) is 6.19. The van der Waals surface area contributed by atoms with Crippen molar-refractivity contribution in [2.75, 3.05) is 18.5 Å². The number of rotatable bonds is 7. The molecule has 0 spiro atoms. The third-order valence-electron chi connectivity index (χ3n) is 2.39. The molecule has 2 N–H and O–H groups in total. The first-order chi connectivity index (χ1) is 8.65. The zero-order valence-electron chi connectivity index (χ0n) is 10.8. The highest BCUT2D eigenvalue weighted by atomic mass is 16.5. The van der Waals surface area contributed by atoms with Crippen LogP contribution in [0.1, 0.15) is 37.0 Å². The fourth-order valence-electron chi connectivity index (χ4n) is 1.52. The Hall–Kier alpha value is -1.62. The summed E-state index contributed by atoms with van der Waals surface area (Å²) < 4.78 is 4.95. The highest BCUT2D eigenvalue weighted by Crippen LogP contribution is 2.13. The molecular formula is C13H20N2O3. The number of hydrogen-bond donors (Lipinski definition) is 2. The maximum atomic E-state index is 11.7. The van der Waals surface area contributed by atoms with Gasteiger partial charge >= 0.3 is 5.97 Å². The van der Waals surface area contributed by atoms with Gasteiger partial charge in [-0.15, -0.1) is 0 Å². The molecule has 0 aliphatic carbocycles. The Labute approximate surface area is 107 Å². The summed E-state index contributed by atoms with van der Waals surface area (Å²) in [6.45, 7) is 4.53. The molecule has 18 heavy (non-hydrogen) atoms. The van der Waals surface area contributed by atoms with Crippen LogP contribution in [-0.2, 0) is 4.74 Å². The van der Waals surface area contributed by atoms with Gasteiger partial charge < -0.3 is 15.2 Å². The van der Waals surface area contributed by atoms with Crippen LogP contribution in [0.15, 0.2) is 18.3 Å². The Bertz CT molecular complexity index is 380. The number of hydrogen-bond acceptors (Lipinski definition) is 5. The van der Waals surface area contributed by atoms with Crippen LogP contribution < -0.4 is 5.32 Å². The van der Waals surface area contributed by atoms with Crippen LogP contribution in [0.5, 0.6) is 0 Å². The largest absolute Gasteiger partial charge is 0.462 e. The molecule has 0 amide bonds. The van der Waals surface area contributed by atoms with Gasteiger partial charge in [0, 0.05) is 12.7 Å². The van der Waals surface area contributed by atoms with Crippen molar-refractivity contribution >= 4 is 11.8 Å². The van der Waals surface area contributed by atoms with E-state index in [1.54, 1.807) is 32.2 Å². The van der Waals surface area contributed by atoms with Crippen molar-refractivity contribution in [3.8, 4) is 0 Å². The average Bonchev–Trinajstić information content (AvgIpc) is 2.35. The van der Waals surface area contributed by atoms with E-state index in [0.29, 0.717) is 31.0 Å². The second-order valence-corrected chi connectivity index (χ2v) is 4.04. The van der Waals surface area contributed by atoms with E-state index < -0.39 is 0 Å². The van der Waals surface area contributed by atoms with Crippen molar-refractivity contribution in [2.24, 2.45) is 0 Å². The highest BCUT2D eigenvalue weighted by molar-refractivity contribution is 5.94. The zero-order chi connectivity index (χ0) is 13.4. The second kappa shape index (κ2) is 7.66. The molecule has 0 saturated carbocycles. The van der Waals surface area contributed by atoms with Gasteiger partial charge in [-0.25, -0.2) is 9.78 Å². The van der Waals surface area contributed by atoms with E-state index in [1.807, 2.05) is 0 Å². The molecule has 1 atom stereocenters. The summed E-state index contributed by atoms with van der Waals surface area (Å²) in [7, 11) is 0. The first-order valence-electron chi connectivity index (χ1n) is 6.19. The Balaban J connectivity index is 2.56. The average molecular weight is 252 g/mol. The van der Waals surface area contributed by atoms with Crippen molar-refractivity contribution in [1.82, 2.24) is 4.98 Å². The van der Waals surface area contributed by atoms with Crippen molar-refractivity contribution in [3.63, 3.8) is 0 Å². The molecule has 5 nitrogen and oxygen atoms in total. The number of aromatic nitrogens is 1. The van der Waals surface area contributed by atoms with Crippen molar-refractivity contribution < 1.29 is 14.6 Å². The quantitative estimate of drug-likeness (QED) is 0.572. The standard InChI is InChI=1S/C13H20N2O3/c1-3-18-13(17)11-7-5-9-15-12(11)14-8-4-6-10(2)16/h5,7,9-10,16H,3-4,6,8H2,1-2H3,(H,14,15). The summed E-state index contributed by atoms with van der Waals surface area (Å²) in [5.74, 6) is 0.158. The van der Waals surface area contributed by atoms with Crippen molar-refractivity contribution in [2.45, 2.75) is 32.8 Å². The van der Waals surface area contributed by atoms with Crippen LogP contribution in [0.3, 0.4) is 0 Å². The van der Waals surface area contributed by atoms with Gasteiger partial charge in [-0.05, 0) is 38.8 Å². The molecule has 5 heteroatoms. The van der Waals surface area contributed by atoms with E-state index in [1.165, 1.54) is 0 Å². The topological polar surface area (TPSA) is 71.5 Å². The van der Waals surface area contributed by atoms with E-state index in [9.17, 15) is 4.79 Å². The lowest BCUT2D eigenvalue weighted by Gasteiger charge is -2.10. The summed E-state index contributed by atoms with van der Waals surface area (Å²) >= 11 is 0. The molecule has 1 rings (SSSR count). The lowest BCUT2D eigenvalue weighted by Crippen LogP contribution is -2.13. The van der Waals surface area contributed by atoms with Crippen LogP contribution >= 0.6 is 0 Å². The monoisotopic (exact) mass is 252 g/mol. The summed E-state index contributed by atoms with van der Waals surface area (Å²) in [5, 5.41) is 12.2. The van der Waals surface area contributed by atoms with E-state index in [0.717, 1.165) is 6.42 Å². The summed E-state index contributed by atoms with van der Waals surface area (Å²) in [6.07, 6.45) is 2.85. The minimum absolute atomic E-state index is 0.306. The highest BCUT2D eigenvalue weighted by Gasteiger charge is 2.12. The fraction of sp³-hybridized carbons (Fsp3) is 0.538. The second-order valence-electron chi connectivity index (χ2n) is 4.04. The number of esters is 1. The maximum absolute atomic E-state index is 11.7. The number of anilines is 1. The SMILES string of the molecule is CCOC(=O)c1cccnc1NCCCC(C)O. The van der Waals surface area contributed by atoms with Crippen LogP contribution in [0.4, 0.5) is 5.82 Å². The lowest BCUT2D eigenvalue weighted by atomic mass is 10.2. The Morgan fingerprint density at radius 2 is 2.39 bits per heavy atom. The van der Waals surface area contributed by atoms with Gasteiger partial charge in [0.25, 0.3) is 0 Å². The number of pyridine rings is 1. The Morgan fingerprint density at radius 3 is 3.06 bits per heavy atom.